The Balaban J connectivity index is 2.11. The normalized spacial score (nSPS) is 13.9. The van der Waals surface area contributed by atoms with Gasteiger partial charge in [-0.15, -0.1) is 0 Å². The number of carbonyl (C=O) groups excluding carboxylic acids is 2. The number of hydrogen-bond acceptors (Lipinski definition) is 4. The summed E-state index contributed by atoms with van der Waals surface area (Å²) in [7, 11) is 1.65. The molecule has 0 radical (unpaired) electrons. The molecule has 7 nitrogen and oxygen atoms in total. The Morgan fingerprint density at radius 3 is 2.54 bits per heavy atom. The lowest BCUT2D eigenvalue weighted by molar-refractivity contribution is 0.0949. The van der Waals surface area contributed by atoms with Crippen LogP contribution in [-0.4, -0.2) is 51.8 Å². The first-order valence-corrected chi connectivity index (χ1v) is 10.4. The first-order valence-electron chi connectivity index (χ1n) is 10.4. The number of anilines is 2. The van der Waals surface area contributed by atoms with Crippen LogP contribution in [0, 0.1) is 0 Å². The average Bonchev–Trinajstić information content (AvgIpc) is 2.72. The molecule has 0 atom stereocenters. The number of piperidine rings is 1. The molecular weight excluding hydrogens is 356 g/mol. The molecule has 1 aromatic rings. The molecule has 7 heteroatoms. The molecule has 156 valence electrons. The van der Waals surface area contributed by atoms with Gasteiger partial charge in [0, 0.05) is 51.3 Å². The molecule has 1 aliphatic heterocycles. The number of benzene rings is 1. The van der Waals surface area contributed by atoms with Crippen LogP contribution >= 0.6 is 0 Å². The van der Waals surface area contributed by atoms with Crippen molar-refractivity contribution < 1.29 is 14.3 Å². The summed E-state index contributed by atoms with van der Waals surface area (Å²) in [5, 5.41) is 8.63. The number of amides is 3. The van der Waals surface area contributed by atoms with Crippen LogP contribution in [0.2, 0.25) is 0 Å². The lowest BCUT2D eigenvalue weighted by Gasteiger charge is -2.30. The van der Waals surface area contributed by atoms with Gasteiger partial charge in [-0.05, 0) is 50.3 Å². The molecular formula is C21H34N4O3. The molecule has 0 aromatic heterocycles. The van der Waals surface area contributed by atoms with E-state index in [4.69, 9.17) is 4.74 Å². The van der Waals surface area contributed by atoms with Gasteiger partial charge in [0.05, 0.1) is 5.56 Å². The van der Waals surface area contributed by atoms with E-state index in [0.29, 0.717) is 30.9 Å². The van der Waals surface area contributed by atoms with Crippen LogP contribution in [0.3, 0.4) is 0 Å². The summed E-state index contributed by atoms with van der Waals surface area (Å²) >= 11 is 0. The predicted octanol–water partition coefficient (Wildman–Crippen LogP) is 3.36. The Kier molecular flexibility index (Phi) is 9.62. The van der Waals surface area contributed by atoms with E-state index in [1.165, 1.54) is 6.42 Å². The van der Waals surface area contributed by atoms with E-state index >= 15 is 0 Å². The summed E-state index contributed by atoms with van der Waals surface area (Å²) in [5.41, 5.74) is 2.16. The Bertz CT molecular complexity index is 630. The zero-order valence-electron chi connectivity index (χ0n) is 17.2. The average molecular weight is 391 g/mol. The molecule has 1 aromatic carbocycles. The highest BCUT2D eigenvalue weighted by atomic mass is 16.5. The summed E-state index contributed by atoms with van der Waals surface area (Å²) in [5.74, 6) is -0.119. The van der Waals surface area contributed by atoms with Gasteiger partial charge in [0.2, 0.25) is 0 Å². The first-order chi connectivity index (χ1) is 13.7. The zero-order chi connectivity index (χ0) is 20.2. The van der Waals surface area contributed by atoms with Crippen molar-refractivity contribution in [3.63, 3.8) is 0 Å². The SMILES string of the molecule is CCCCNC(=O)Nc1ccc(N2CCCCC2)c(C(=O)NCCCOC)c1. The van der Waals surface area contributed by atoms with Gasteiger partial charge < -0.3 is 25.6 Å². The summed E-state index contributed by atoms with van der Waals surface area (Å²) in [6, 6.07) is 5.34. The van der Waals surface area contributed by atoms with Gasteiger partial charge in [-0.1, -0.05) is 13.3 Å². The van der Waals surface area contributed by atoms with Crippen LogP contribution < -0.4 is 20.9 Å². The van der Waals surface area contributed by atoms with E-state index < -0.39 is 0 Å². The minimum absolute atomic E-state index is 0.119. The van der Waals surface area contributed by atoms with Crippen LogP contribution in [-0.2, 0) is 4.74 Å². The fourth-order valence-corrected chi connectivity index (χ4v) is 3.27. The van der Waals surface area contributed by atoms with Crippen molar-refractivity contribution in [2.45, 2.75) is 45.4 Å². The maximum atomic E-state index is 12.8. The maximum absolute atomic E-state index is 12.8. The van der Waals surface area contributed by atoms with E-state index in [1.54, 1.807) is 13.2 Å². The summed E-state index contributed by atoms with van der Waals surface area (Å²) in [6.45, 7) is 5.79. The molecule has 0 aliphatic carbocycles. The molecule has 3 amide bonds. The number of nitrogens with one attached hydrogen (secondary N) is 3. The Morgan fingerprint density at radius 2 is 1.82 bits per heavy atom. The lowest BCUT2D eigenvalue weighted by Crippen LogP contribution is -2.33. The number of rotatable bonds is 10. The molecule has 1 saturated heterocycles. The van der Waals surface area contributed by atoms with Crippen molar-refractivity contribution >= 4 is 23.3 Å². The molecule has 1 heterocycles. The minimum Gasteiger partial charge on any atom is -0.385 e. The highest BCUT2D eigenvalue weighted by Gasteiger charge is 2.19. The Hall–Kier alpha value is -2.28. The number of methoxy groups -OCH3 is 1. The van der Waals surface area contributed by atoms with Gasteiger partial charge >= 0.3 is 6.03 Å². The topological polar surface area (TPSA) is 82.7 Å². The van der Waals surface area contributed by atoms with Crippen LogP contribution in [0.4, 0.5) is 16.2 Å². The van der Waals surface area contributed by atoms with Gasteiger partial charge in [-0.25, -0.2) is 4.79 Å². The first kappa shape index (κ1) is 22.0. The lowest BCUT2D eigenvalue weighted by atomic mass is 10.1. The van der Waals surface area contributed by atoms with Crippen molar-refractivity contribution in [3.8, 4) is 0 Å². The monoisotopic (exact) mass is 390 g/mol. The molecule has 0 spiro atoms. The van der Waals surface area contributed by atoms with Gasteiger partial charge in [0.1, 0.15) is 0 Å². The van der Waals surface area contributed by atoms with Crippen LogP contribution in [0.15, 0.2) is 18.2 Å². The molecule has 1 fully saturated rings. The molecule has 28 heavy (non-hydrogen) atoms. The minimum atomic E-state index is -0.245. The zero-order valence-corrected chi connectivity index (χ0v) is 17.2. The molecule has 2 rings (SSSR count). The number of nitrogens with zero attached hydrogens (tertiary/aromatic N) is 1. The quantitative estimate of drug-likeness (QED) is 0.535. The van der Waals surface area contributed by atoms with Gasteiger partial charge in [-0.2, -0.15) is 0 Å². The second-order valence-corrected chi connectivity index (χ2v) is 7.12. The fraction of sp³-hybridized carbons (Fsp3) is 0.619. The second-order valence-electron chi connectivity index (χ2n) is 7.12. The summed E-state index contributed by atoms with van der Waals surface area (Å²) in [6.07, 6.45) is 6.23. The number of hydrogen-bond donors (Lipinski definition) is 3. The number of unbranched alkanes of at least 4 members (excludes halogenated alkanes) is 1. The van der Waals surface area contributed by atoms with Crippen LogP contribution in [0.25, 0.3) is 0 Å². The Labute approximate surface area is 168 Å². The van der Waals surface area contributed by atoms with Crippen molar-refractivity contribution in [1.29, 1.82) is 0 Å². The van der Waals surface area contributed by atoms with E-state index in [2.05, 4.69) is 27.8 Å². The molecule has 0 saturated carbocycles. The largest absolute Gasteiger partial charge is 0.385 e. The number of ether oxygens (including phenoxy) is 1. The van der Waals surface area contributed by atoms with Crippen LogP contribution in [0.1, 0.15) is 55.8 Å². The molecule has 3 N–H and O–H groups in total. The smallest absolute Gasteiger partial charge is 0.319 e. The van der Waals surface area contributed by atoms with E-state index in [0.717, 1.165) is 50.9 Å². The van der Waals surface area contributed by atoms with Gasteiger partial charge in [0.25, 0.3) is 5.91 Å². The molecule has 1 aliphatic rings. The second kappa shape index (κ2) is 12.2. The van der Waals surface area contributed by atoms with Crippen molar-refractivity contribution in [2.75, 3.05) is 50.1 Å². The van der Waals surface area contributed by atoms with Gasteiger partial charge in [0.15, 0.2) is 0 Å². The third-order valence-corrected chi connectivity index (χ3v) is 4.82. The predicted molar refractivity (Wildman–Crippen MR) is 113 cm³/mol. The van der Waals surface area contributed by atoms with Crippen molar-refractivity contribution in [3.05, 3.63) is 23.8 Å². The third kappa shape index (κ3) is 7.03. The fourth-order valence-electron chi connectivity index (χ4n) is 3.27. The highest BCUT2D eigenvalue weighted by Crippen LogP contribution is 2.27. The van der Waals surface area contributed by atoms with Crippen LogP contribution in [0.5, 0.6) is 0 Å². The van der Waals surface area contributed by atoms with E-state index in [9.17, 15) is 9.59 Å². The van der Waals surface area contributed by atoms with E-state index in [-0.39, 0.29) is 11.9 Å². The maximum Gasteiger partial charge on any atom is 0.319 e. The summed E-state index contributed by atoms with van der Waals surface area (Å²) < 4.78 is 5.04. The summed E-state index contributed by atoms with van der Waals surface area (Å²) in [4.78, 5) is 27.1. The van der Waals surface area contributed by atoms with Gasteiger partial charge in [-0.3, -0.25) is 4.79 Å². The molecule has 0 unspecified atom stereocenters. The standard InChI is InChI=1S/C21H34N4O3/c1-3-4-11-23-21(27)24-17-9-10-19(25-13-6-5-7-14-25)18(16-17)20(26)22-12-8-15-28-2/h9-10,16H,3-8,11-15H2,1-2H3,(H,22,26)(H2,23,24,27). The number of carbonyl (C=O) groups is 2. The Morgan fingerprint density at radius 1 is 1.07 bits per heavy atom. The highest BCUT2D eigenvalue weighted by molar-refractivity contribution is 6.02. The van der Waals surface area contributed by atoms with Crippen molar-refractivity contribution in [1.82, 2.24) is 10.6 Å². The van der Waals surface area contributed by atoms with Crippen molar-refractivity contribution in [2.24, 2.45) is 0 Å². The molecule has 0 bridgehead atoms. The third-order valence-electron chi connectivity index (χ3n) is 4.82. The van der Waals surface area contributed by atoms with E-state index in [1.807, 2.05) is 12.1 Å². The number of urea groups is 1.